The highest BCUT2D eigenvalue weighted by Crippen LogP contribution is 2.29. The largest absolute Gasteiger partial charge is 0.390 e. The third-order valence-corrected chi connectivity index (χ3v) is 2.40. The van der Waals surface area contributed by atoms with Gasteiger partial charge in [0.1, 0.15) is 0 Å². The SMILES string of the molecule is CCN(CC(O)CN)CC1CC1. The minimum absolute atomic E-state index is 0.344. The molecule has 0 heterocycles. The van der Waals surface area contributed by atoms with Gasteiger partial charge in [-0.05, 0) is 25.3 Å². The summed E-state index contributed by atoms with van der Waals surface area (Å²) in [6, 6.07) is 0. The van der Waals surface area contributed by atoms with Crippen molar-refractivity contribution in [1.82, 2.24) is 4.90 Å². The highest BCUT2D eigenvalue weighted by Gasteiger charge is 2.24. The molecule has 72 valence electrons. The van der Waals surface area contributed by atoms with Gasteiger partial charge in [-0.2, -0.15) is 0 Å². The Bertz CT molecular complexity index is 126. The number of hydrogen-bond acceptors (Lipinski definition) is 3. The van der Waals surface area contributed by atoms with E-state index in [9.17, 15) is 5.11 Å². The fourth-order valence-corrected chi connectivity index (χ4v) is 1.37. The quantitative estimate of drug-likeness (QED) is 0.594. The van der Waals surface area contributed by atoms with E-state index >= 15 is 0 Å². The number of aliphatic hydroxyl groups is 1. The summed E-state index contributed by atoms with van der Waals surface area (Å²) < 4.78 is 0. The van der Waals surface area contributed by atoms with Gasteiger partial charge in [0.25, 0.3) is 0 Å². The molecular weight excluding hydrogens is 152 g/mol. The molecule has 3 heteroatoms. The standard InChI is InChI=1S/C9H20N2O/c1-2-11(6-8-3-4-8)7-9(12)5-10/h8-9,12H,2-7,10H2,1H3. The Morgan fingerprint density at radius 3 is 2.67 bits per heavy atom. The van der Waals surface area contributed by atoms with Crippen molar-refractivity contribution in [3.05, 3.63) is 0 Å². The van der Waals surface area contributed by atoms with Crippen molar-refractivity contribution >= 4 is 0 Å². The number of aliphatic hydroxyl groups excluding tert-OH is 1. The van der Waals surface area contributed by atoms with Crippen LogP contribution in [0.15, 0.2) is 0 Å². The van der Waals surface area contributed by atoms with Gasteiger partial charge in [0, 0.05) is 19.6 Å². The average molecular weight is 172 g/mol. The second-order valence-electron chi connectivity index (χ2n) is 3.69. The minimum atomic E-state index is -0.344. The number of nitrogens with two attached hydrogens (primary N) is 1. The predicted octanol–water partition coefficient (Wildman–Crippen LogP) is 0.0379. The molecule has 1 aliphatic carbocycles. The molecule has 0 radical (unpaired) electrons. The molecule has 3 nitrogen and oxygen atoms in total. The lowest BCUT2D eigenvalue weighted by Crippen LogP contribution is -2.37. The van der Waals surface area contributed by atoms with Crippen LogP contribution in [-0.4, -0.2) is 42.3 Å². The van der Waals surface area contributed by atoms with Crippen LogP contribution in [-0.2, 0) is 0 Å². The molecule has 0 aromatic carbocycles. The summed E-state index contributed by atoms with van der Waals surface area (Å²) in [6.07, 6.45) is 2.40. The van der Waals surface area contributed by atoms with Gasteiger partial charge in [0.05, 0.1) is 6.10 Å². The van der Waals surface area contributed by atoms with E-state index in [1.54, 1.807) is 0 Å². The Morgan fingerprint density at radius 2 is 2.25 bits per heavy atom. The van der Waals surface area contributed by atoms with Crippen LogP contribution in [0.5, 0.6) is 0 Å². The first-order valence-electron chi connectivity index (χ1n) is 4.86. The first-order chi connectivity index (χ1) is 5.76. The van der Waals surface area contributed by atoms with Gasteiger partial charge in [0.15, 0.2) is 0 Å². The molecule has 1 fully saturated rings. The molecule has 0 amide bonds. The Morgan fingerprint density at radius 1 is 1.58 bits per heavy atom. The summed E-state index contributed by atoms with van der Waals surface area (Å²) in [5.41, 5.74) is 5.34. The van der Waals surface area contributed by atoms with Crippen LogP contribution in [0, 0.1) is 5.92 Å². The number of hydrogen-bond donors (Lipinski definition) is 2. The van der Waals surface area contributed by atoms with E-state index in [1.165, 1.54) is 12.8 Å². The number of nitrogens with zero attached hydrogens (tertiary/aromatic N) is 1. The van der Waals surface area contributed by atoms with Crippen molar-refractivity contribution in [3.8, 4) is 0 Å². The maximum absolute atomic E-state index is 9.33. The van der Waals surface area contributed by atoms with Crippen molar-refractivity contribution in [2.24, 2.45) is 11.7 Å². The smallest absolute Gasteiger partial charge is 0.0789 e. The van der Waals surface area contributed by atoms with Crippen molar-refractivity contribution in [2.45, 2.75) is 25.9 Å². The summed E-state index contributed by atoms with van der Waals surface area (Å²) >= 11 is 0. The molecule has 1 saturated carbocycles. The normalized spacial score (nSPS) is 20.0. The Kier molecular flexibility index (Phi) is 3.98. The zero-order valence-corrected chi connectivity index (χ0v) is 7.87. The van der Waals surface area contributed by atoms with Crippen LogP contribution < -0.4 is 5.73 Å². The summed E-state index contributed by atoms with van der Waals surface area (Å²) in [5.74, 6) is 0.898. The summed E-state index contributed by atoms with van der Waals surface area (Å²) in [5, 5.41) is 9.33. The van der Waals surface area contributed by atoms with Crippen LogP contribution in [0.25, 0.3) is 0 Å². The molecule has 0 aromatic heterocycles. The second kappa shape index (κ2) is 4.80. The molecule has 0 saturated heterocycles. The van der Waals surface area contributed by atoms with Crippen LogP contribution in [0.2, 0.25) is 0 Å². The van der Waals surface area contributed by atoms with Gasteiger partial charge >= 0.3 is 0 Å². The zero-order chi connectivity index (χ0) is 8.97. The molecule has 0 bridgehead atoms. The molecule has 1 unspecified atom stereocenters. The fraction of sp³-hybridized carbons (Fsp3) is 1.00. The highest BCUT2D eigenvalue weighted by atomic mass is 16.3. The minimum Gasteiger partial charge on any atom is -0.390 e. The van der Waals surface area contributed by atoms with E-state index in [2.05, 4.69) is 11.8 Å². The van der Waals surface area contributed by atoms with Gasteiger partial charge in [0.2, 0.25) is 0 Å². The maximum atomic E-state index is 9.33. The van der Waals surface area contributed by atoms with E-state index in [0.29, 0.717) is 6.54 Å². The Labute approximate surface area is 74.5 Å². The first kappa shape index (κ1) is 9.96. The molecule has 1 rings (SSSR count). The molecular formula is C9H20N2O. The van der Waals surface area contributed by atoms with Gasteiger partial charge < -0.3 is 15.7 Å². The lowest BCUT2D eigenvalue weighted by molar-refractivity contribution is 0.119. The van der Waals surface area contributed by atoms with Gasteiger partial charge in [-0.25, -0.2) is 0 Å². The molecule has 12 heavy (non-hydrogen) atoms. The van der Waals surface area contributed by atoms with E-state index < -0.39 is 0 Å². The number of rotatable bonds is 6. The van der Waals surface area contributed by atoms with Gasteiger partial charge in [-0.3, -0.25) is 0 Å². The van der Waals surface area contributed by atoms with E-state index in [0.717, 1.165) is 25.6 Å². The molecule has 0 spiro atoms. The summed E-state index contributed by atoms with van der Waals surface area (Å²) in [4.78, 5) is 2.29. The molecule has 1 aliphatic rings. The van der Waals surface area contributed by atoms with Crippen molar-refractivity contribution in [3.63, 3.8) is 0 Å². The summed E-state index contributed by atoms with van der Waals surface area (Å²) in [6.45, 7) is 5.41. The molecule has 0 aliphatic heterocycles. The van der Waals surface area contributed by atoms with Crippen LogP contribution >= 0.6 is 0 Å². The monoisotopic (exact) mass is 172 g/mol. The van der Waals surface area contributed by atoms with Crippen molar-refractivity contribution in [1.29, 1.82) is 0 Å². The molecule has 1 atom stereocenters. The zero-order valence-electron chi connectivity index (χ0n) is 7.87. The highest BCUT2D eigenvalue weighted by molar-refractivity contribution is 4.78. The Hall–Kier alpha value is -0.120. The third kappa shape index (κ3) is 3.52. The van der Waals surface area contributed by atoms with Crippen molar-refractivity contribution in [2.75, 3.05) is 26.2 Å². The second-order valence-corrected chi connectivity index (χ2v) is 3.69. The van der Waals surface area contributed by atoms with E-state index in [1.807, 2.05) is 0 Å². The maximum Gasteiger partial charge on any atom is 0.0789 e. The predicted molar refractivity (Wildman–Crippen MR) is 49.9 cm³/mol. The average Bonchev–Trinajstić information content (AvgIpc) is 2.86. The number of likely N-dealkylation sites (N-methyl/N-ethyl adjacent to an activating group) is 1. The van der Waals surface area contributed by atoms with Gasteiger partial charge in [-0.1, -0.05) is 6.92 Å². The fourth-order valence-electron chi connectivity index (χ4n) is 1.37. The van der Waals surface area contributed by atoms with Crippen LogP contribution in [0.3, 0.4) is 0 Å². The van der Waals surface area contributed by atoms with E-state index in [4.69, 9.17) is 5.73 Å². The van der Waals surface area contributed by atoms with Crippen LogP contribution in [0.4, 0.5) is 0 Å². The first-order valence-corrected chi connectivity index (χ1v) is 4.86. The lowest BCUT2D eigenvalue weighted by atomic mass is 10.3. The summed E-state index contributed by atoms with van der Waals surface area (Å²) in [7, 11) is 0. The third-order valence-electron chi connectivity index (χ3n) is 2.40. The molecule has 3 N–H and O–H groups in total. The Balaban J connectivity index is 2.14. The van der Waals surface area contributed by atoms with Crippen molar-refractivity contribution < 1.29 is 5.11 Å². The molecule has 0 aromatic rings. The topological polar surface area (TPSA) is 49.5 Å². The lowest BCUT2D eigenvalue weighted by Gasteiger charge is -2.22. The van der Waals surface area contributed by atoms with Gasteiger partial charge in [-0.15, -0.1) is 0 Å². The van der Waals surface area contributed by atoms with Crippen LogP contribution in [0.1, 0.15) is 19.8 Å². The van der Waals surface area contributed by atoms with E-state index in [-0.39, 0.29) is 6.10 Å².